The molecule has 0 amide bonds. The van der Waals surface area contributed by atoms with Gasteiger partial charge in [-0.25, -0.2) is 4.79 Å². The van der Waals surface area contributed by atoms with E-state index in [1.165, 1.54) is 17.8 Å². The first kappa shape index (κ1) is 12.1. The summed E-state index contributed by atoms with van der Waals surface area (Å²) in [6.45, 7) is 5.62. The van der Waals surface area contributed by atoms with Crippen LogP contribution in [-0.4, -0.2) is 17.3 Å². The summed E-state index contributed by atoms with van der Waals surface area (Å²) in [5, 5.41) is 9.55. The predicted octanol–water partition coefficient (Wildman–Crippen LogP) is 3.79. The van der Waals surface area contributed by atoms with Crippen LogP contribution < -0.4 is 0 Å². The van der Waals surface area contributed by atoms with E-state index in [9.17, 15) is 4.79 Å². The van der Waals surface area contributed by atoms with Gasteiger partial charge in [-0.05, 0) is 30.9 Å². The van der Waals surface area contributed by atoms with Crippen molar-refractivity contribution < 1.29 is 9.90 Å². The van der Waals surface area contributed by atoms with Crippen LogP contribution in [0.1, 0.15) is 22.8 Å². The monoisotopic (exact) mass is 242 g/mol. The van der Waals surface area contributed by atoms with Crippen LogP contribution in [0.25, 0.3) is 5.57 Å². The molecule has 0 bridgehead atoms. The summed E-state index contributed by atoms with van der Waals surface area (Å²) in [6.07, 6.45) is 1.82. The van der Waals surface area contributed by atoms with Gasteiger partial charge in [-0.1, -0.05) is 18.2 Å². The number of hydrogen-bond donors (Lipinski definition) is 1. The molecule has 0 heterocycles. The molecule has 2 nitrogen and oxygen atoms in total. The Labute approximate surface area is 97.9 Å². The summed E-state index contributed by atoms with van der Waals surface area (Å²) in [5.41, 5.74) is 1.77. The number of carboxylic acids is 1. The fourth-order valence-corrected chi connectivity index (χ4v) is 2.58. The van der Waals surface area contributed by atoms with Crippen molar-refractivity contribution in [2.75, 3.05) is 6.26 Å². The highest BCUT2D eigenvalue weighted by Crippen LogP contribution is 2.34. The van der Waals surface area contributed by atoms with Gasteiger partial charge in [-0.2, -0.15) is 0 Å². The van der Waals surface area contributed by atoms with Crippen LogP contribution in [0.3, 0.4) is 0 Å². The maximum atomic E-state index is 11.0. The minimum Gasteiger partial charge on any atom is -0.478 e. The van der Waals surface area contributed by atoms with Crippen LogP contribution in [-0.2, 0) is 0 Å². The van der Waals surface area contributed by atoms with Gasteiger partial charge >= 0.3 is 5.97 Å². The van der Waals surface area contributed by atoms with Gasteiger partial charge in [0.25, 0.3) is 0 Å². The average Bonchev–Trinajstić information content (AvgIpc) is 2.15. The molecule has 0 saturated heterocycles. The molecule has 15 heavy (non-hydrogen) atoms. The van der Waals surface area contributed by atoms with E-state index in [1.807, 2.05) is 13.2 Å². The first-order chi connectivity index (χ1) is 6.99. The largest absolute Gasteiger partial charge is 0.478 e. The van der Waals surface area contributed by atoms with Gasteiger partial charge in [-0.3, -0.25) is 0 Å². The molecule has 1 N–H and O–H groups in total. The Hall–Kier alpha value is -0.930. The highest BCUT2D eigenvalue weighted by atomic mass is 35.5. The standard InChI is InChI=1S/C11H11ClO2S/c1-6(2)9-8(12)5-4-7(11(13)14)10(9)15-3/h4-5H,1H2,2-3H3,(H,13,14). The lowest BCUT2D eigenvalue weighted by atomic mass is 10.1. The molecule has 0 radical (unpaired) electrons. The van der Waals surface area contributed by atoms with Gasteiger partial charge in [-0.15, -0.1) is 11.8 Å². The number of rotatable bonds is 3. The summed E-state index contributed by atoms with van der Waals surface area (Å²) in [5.74, 6) is -0.946. The van der Waals surface area contributed by atoms with E-state index in [0.717, 1.165) is 11.1 Å². The Morgan fingerprint density at radius 1 is 1.53 bits per heavy atom. The van der Waals surface area contributed by atoms with Crippen LogP contribution in [0.15, 0.2) is 23.6 Å². The maximum Gasteiger partial charge on any atom is 0.336 e. The van der Waals surface area contributed by atoms with Gasteiger partial charge in [0, 0.05) is 15.5 Å². The number of carboxylic acid groups (broad SMARTS) is 1. The second-order valence-corrected chi connectivity index (χ2v) is 4.31. The van der Waals surface area contributed by atoms with E-state index in [1.54, 1.807) is 6.07 Å². The number of hydrogen-bond acceptors (Lipinski definition) is 2. The molecule has 0 spiro atoms. The Balaban J connectivity index is 3.54. The number of benzene rings is 1. The molecule has 80 valence electrons. The van der Waals surface area contributed by atoms with Crippen LogP contribution in [0.2, 0.25) is 5.02 Å². The van der Waals surface area contributed by atoms with Crippen LogP contribution in [0.4, 0.5) is 0 Å². The second-order valence-electron chi connectivity index (χ2n) is 3.09. The molecule has 0 saturated carbocycles. The molecule has 0 atom stereocenters. The maximum absolute atomic E-state index is 11.0. The first-order valence-electron chi connectivity index (χ1n) is 4.24. The van der Waals surface area contributed by atoms with Crippen molar-refractivity contribution in [3.05, 3.63) is 34.9 Å². The van der Waals surface area contributed by atoms with Crippen molar-refractivity contribution in [2.45, 2.75) is 11.8 Å². The van der Waals surface area contributed by atoms with Gasteiger partial charge in [0.2, 0.25) is 0 Å². The molecule has 0 aromatic heterocycles. The van der Waals surface area contributed by atoms with Crippen molar-refractivity contribution in [1.29, 1.82) is 0 Å². The van der Waals surface area contributed by atoms with E-state index in [4.69, 9.17) is 16.7 Å². The Morgan fingerprint density at radius 3 is 2.53 bits per heavy atom. The number of halogens is 1. The van der Waals surface area contributed by atoms with E-state index in [2.05, 4.69) is 6.58 Å². The summed E-state index contributed by atoms with van der Waals surface area (Å²) < 4.78 is 0. The first-order valence-corrected chi connectivity index (χ1v) is 5.85. The van der Waals surface area contributed by atoms with Gasteiger partial charge in [0.05, 0.1) is 5.56 Å². The fourth-order valence-electron chi connectivity index (χ4n) is 1.34. The molecular weight excluding hydrogens is 232 g/mol. The van der Waals surface area contributed by atoms with E-state index >= 15 is 0 Å². The molecule has 1 aromatic carbocycles. The number of allylic oxidation sites excluding steroid dienone is 1. The lowest BCUT2D eigenvalue weighted by molar-refractivity contribution is 0.0693. The summed E-state index contributed by atoms with van der Waals surface area (Å²) in [4.78, 5) is 11.6. The minimum atomic E-state index is -0.946. The Bertz CT molecular complexity index is 427. The highest BCUT2D eigenvalue weighted by molar-refractivity contribution is 7.98. The molecule has 0 fully saturated rings. The number of thioether (sulfide) groups is 1. The summed E-state index contributed by atoms with van der Waals surface area (Å²) in [7, 11) is 0. The van der Waals surface area contributed by atoms with Crippen LogP contribution in [0, 0.1) is 0 Å². The molecule has 0 aliphatic carbocycles. The molecular formula is C11H11ClO2S. The lowest BCUT2D eigenvalue weighted by Gasteiger charge is -2.12. The number of aromatic carboxylic acids is 1. The fraction of sp³-hybridized carbons (Fsp3) is 0.182. The van der Waals surface area contributed by atoms with Crippen LogP contribution in [0.5, 0.6) is 0 Å². The molecule has 0 aliphatic heterocycles. The summed E-state index contributed by atoms with van der Waals surface area (Å²) in [6, 6.07) is 3.11. The zero-order valence-electron chi connectivity index (χ0n) is 8.50. The van der Waals surface area contributed by atoms with Crippen molar-refractivity contribution in [2.24, 2.45) is 0 Å². The van der Waals surface area contributed by atoms with Gasteiger partial charge in [0.1, 0.15) is 0 Å². The third kappa shape index (κ3) is 2.36. The highest BCUT2D eigenvalue weighted by Gasteiger charge is 2.16. The lowest BCUT2D eigenvalue weighted by Crippen LogP contribution is -2.01. The van der Waals surface area contributed by atoms with E-state index in [-0.39, 0.29) is 5.56 Å². The quantitative estimate of drug-likeness (QED) is 0.820. The molecule has 0 aliphatic rings. The molecule has 1 rings (SSSR count). The Kier molecular flexibility index (Phi) is 3.83. The number of carbonyl (C=O) groups is 1. The van der Waals surface area contributed by atoms with Gasteiger partial charge < -0.3 is 5.11 Å². The van der Waals surface area contributed by atoms with E-state index < -0.39 is 5.97 Å². The third-order valence-corrected chi connectivity index (χ3v) is 3.12. The topological polar surface area (TPSA) is 37.3 Å². The minimum absolute atomic E-state index is 0.268. The Morgan fingerprint density at radius 2 is 2.13 bits per heavy atom. The van der Waals surface area contributed by atoms with Crippen LogP contribution >= 0.6 is 23.4 Å². The van der Waals surface area contributed by atoms with Crippen molar-refractivity contribution in [3.8, 4) is 0 Å². The predicted molar refractivity (Wildman–Crippen MR) is 64.9 cm³/mol. The normalized spacial score (nSPS) is 10.1. The SMILES string of the molecule is C=C(C)c1c(Cl)ccc(C(=O)O)c1SC. The zero-order valence-corrected chi connectivity index (χ0v) is 10.1. The smallest absolute Gasteiger partial charge is 0.336 e. The molecule has 4 heteroatoms. The van der Waals surface area contributed by atoms with E-state index in [0.29, 0.717) is 9.92 Å². The molecule has 1 aromatic rings. The second kappa shape index (κ2) is 4.73. The molecule has 0 unspecified atom stereocenters. The van der Waals surface area contributed by atoms with Gasteiger partial charge in [0.15, 0.2) is 0 Å². The average molecular weight is 243 g/mol. The zero-order chi connectivity index (χ0) is 11.6. The third-order valence-electron chi connectivity index (χ3n) is 1.97. The van der Waals surface area contributed by atoms with Crippen molar-refractivity contribution in [1.82, 2.24) is 0 Å². The van der Waals surface area contributed by atoms with Crippen molar-refractivity contribution in [3.63, 3.8) is 0 Å². The summed E-state index contributed by atoms with van der Waals surface area (Å²) >= 11 is 7.38. The van der Waals surface area contributed by atoms with Crippen molar-refractivity contribution >= 4 is 34.9 Å².